The van der Waals surface area contributed by atoms with Crippen LogP contribution in [0.2, 0.25) is 5.02 Å². The third kappa shape index (κ3) is 3.16. The Hall–Kier alpha value is -1.92. The monoisotopic (exact) mass is 363 g/mol. The van der Waals surface area contributed by atoms with E-state index in [2.05, 4.69) is 10.1 Å². The van der Waals surface area contributed by atoms with Gasteiger partial charge in [-0.2, -0.15) is 5.10 Å². The van der Waals surface area contributed by atoms with Crippen LogP contribution >= 0.6 is 11.6 Å². The summed E-state index contributed by atoms with van der Waals surface area (Å²) < 4.78 is 6.58. The maximum absolute atomic E-state index is 12.5. The maximum Gasteiger partial charge on any atom is 0.314 e. The van der Waals surface area contributed by atoms with E-state index in [1.807, 2.05) is 24.3 Å². The van der Waals surface area contributed by atoms with Crippen molar-refractivity contribution in [3.05, 3.63) is 47.5 Å². The van der Waals surface area contributed by atoms with Crippen LogP contribution in [0.5, 0.6) is 0 Å². The van der Waals surface area contributed by atoms with E-state index in [4.69, 9.17) is 16.3 Å². The standard InChI is InChI=1S/C18H22ClN3O3/c1-17(16(23)25-2)8-7-14(9-13-3-5-15(19)6-4-13)18(17,24)10-22-12-20-11-21-22/h3-6,11-12,14,24H,7-10H2,1-2H3/t14-,17+,18-/m1/s1. The summed E-state index contributed by atoms with van der Waals surface area (Å²) in [7, 11) is 1.36. The Balaban J connectivity index is 1.93. The zero-order valence-electron chi connectivity index (χ0n) is 14.4. The third-order valence-corrected chi connectivity index (χ3v) is 5.78. The van der Waals surface area contributed by atoms with Crippen molar-refractivity contribution >= 4 is 17.6 Å². The second-order valence-electron chi connectivity index (χ2n) is 6.91. The first kappa shape index (κ1) is 17.9. The predicted octanol–water partition coefficient (Wildman–Crippen LogP) is 2.49. The van der Waals surface area contributed by atoms with E-state index < -0.39 is 17.0 Å². The number of rotatable bonds is 5. The van der Waals surface area contributed by atoms with Crippen molar-refractivity contribution in [3.63, 3.8) is 0 Å². The molecule has 1 N–H and O–H groups in total. The topological polar surface area (TPSA) is 77.2 Å². The molecule has 0 amide bonds. The highest BCUT2D eigenvalue weighted by Gasteiger charge is 2.61. The fourth-order valence-electron chi connectivity index (χ4n) is 3.91. The first-order chi connectivity index (χ1) is 11.9. The smallest absolute Gasteiger partial charge is 0.314 e. The number of aliphatic hydroxyl groups is 1. The Morgan fingerprint density at radius 1 is 1.44 bits per heavy atom. The van der Waals surface area contributed by atoms with Crippen LogP contribution in [0.25, 0.3) is 0 Å². The third-order valence-electron chi connectivity index (χ3n) is 5.52. The number of methoxy groups -OCH3 is 1. The number of carbonyl (C=O) groups excluding carboxylic acids is 1. The van der Waals surface area contributed by atoms with E-state index in [1.54, 1.807) is 17.9 Å². The summed E-state index contributed by atoms with van der Waals surface area (Å²) in [6.07, 6.45) is 4.90. The molecule has 25 heavy (non-hydrogen) atoms. The van der Waals surface area contributed by atoms with Gasteiger partial charge in [0.05, 0.1) is 19.1 Å². The molecule has 134 valence electrons. The molecule has 1 aliphatic carbocycles. The number of benzene rings is 1. The average molecular weight is 364 g/mol. The van der Waals surface area contributed by atoms with Gasteiger partial charge in [-0.3, -0.25) is 9.48 Å². The van der Waals surface area contributed by atoms with Crippen molar-refractivity contribution in [1.82, 2.24) is 14.8 Å². The van der Waals surface area contributed by atoms with Gasteiger partial charge in [0.2, 0.25) is 0 Å². The fourth-order valence-corrected chi connectivity index (χ4v) is 4.04. The van der Waals surface area contributed by atoms with Crippen molar-refractivity contribution in [2.75, 3.05) is 7.11 Å². The number of halogens is 1. The van der Waals surface area contributed by atoms with Crippen LogP contribution in [0.4, 0.5) is 0 Å². The number of hydrogen-bond acceptors (Lipinski definition) is 5. The van der Waals surface area contributed by atoms with E-state index in [0.717, 1.165) is 12.0 Å². The van der Waals surface area contributed by atoms with Crippen molar-refractivity contribution in [1.29, 1.82) is 0 Å². The summed E-state index contributed by atoms with van der Waals surface area (Å²) in [5.74, 6) is -0.504. The maximum atomic E-state index is 12.5. The normalized spacial score (nSPS) is 28.9. The molecular formula is C18H22ClN3O3. The van der Waals surface area contributed by atoms with Gasteiger partial charge in [0, 0.05) is 5.02 Å². The lowest BCUT2D eigenvalue weighted by atomic mass is 9.71. The Morgan fingerprint density at radius 2 is 2.16 bits per heavy atom. The van der Waals surface area contributed by atoms with Gasteiger partial charge in [0.15, 0.2) is 0 Å². The summed E-state index contributed by atoms with van der Waals surface area (Å²) in [5.41, 5.74) is -1.21. The molecule has 0 radical (unpaired) electrons. The van der Waals surface area contributed by atoms with Crippen molar-refractivity contribution < 1.29 is 14.6 Å². The van der Waals surface area contributed by atoms with E-state index in [0.29, 0.717) is 17.9 Å². The van der Waals surface area contributed by atoms with Gasteiger partial charge >= 0.3 is 5.97 Å². The first-order valence-electron chi connectivity index (χ1n) is 8.27. The van der Waals surface area contributed by atoms with Gasteiger partial charge < -0.3 is 9.84 Å². The zero-order chi connectivity index (χ0) is 18.1. The largest absolute Gasteiger partial charge is 0.469 e. The minimum Gasteiger partial charge on any atom is -0.469 e. The number of carbonyl (C=O) groups is 1. The van der Waals surface area contributed by atoms with Crippen molar-refractivity contribution in [3.8, 4) is 0 Å². The molecule has 0 bridgehead atoms. The van der Waals surface area contributed by atoms with Gasteiger partial charge in [0.1, 0.15) is 18.3 Å². The van der Waals surface area contributed by atoms with E-state index in [1.165, 1.54) is 13.4 Å². The second-order valence-corrected chi connectivity index (χ2v) is 7.34. The highest BCUT2D eigenvalue weighted by molar-refractivity contribution is 6.30. The molecule has 1 saturated carbocycles. The van der Waals surface area contributed by atoms with Crippen LogP contribution in [0.3, 0.4) is 0 Å². The molecule has 3 rings (SSSR count). The lowest BCUT2D eigenvalue weighted by Crippen LogP contribution is -2.54. The molecule has 1 aromatic heterocycles. The molecule has 1 heterocycles. The molecule has 1 aliphatic rings. The summed E-state index contributed by atoms with van der Waals surface area (Å²) >= 11 is 5.96. The van der Waals surface area contributed by atoms with Crippen molar-refractivity contribution in [2.45, 2.75) is 38.3 Å². The minimum atomic E-state index is -1.28. The molecular weight excluding hydrogens is 342 g/mol. The summed E-state index contributed by atoms with van der Waals surface area (Å²) in [4.78, 5) is 16.4. The lowest BCUT2D eigenvalue weighted by Gasteiger charge is -2.40. The molecule has 7 heteroatoms. The van der Waals surface area contributed by atoms with E-state index in [9.17, 15) is 9.90 Å². The van der Waals surface area contributed by atoms with Crippen LogP contribution in [0, 0.1) is 11.3 Å². The van der Waals surface area contributed by atoms with Crippen LogP contribution in [0.15, 0.2) is 36.9 Å². The molecule has 0 unspecified atom stereocenters. The first-order valence-corrected chi connectivity index (χ1v) is 8.64. The van der Waals surface area contributed by atoms with Crippen LogP contribution < -0.4 is 0 Å². The van der Waals surface area contributed by atoms with E-state index in [-0.39, 0.29) is 12.5 Å². The van der Waals surface area contributed by atoms with Crippen LogP contribution in [-0.2, 0) is 22.5 Å². The highest BCUT2D eigenvalue weighted by atomic mass is 35.5. The molecule has 0 spiro atoms. The Bertz CT molecular complexity index is 735. The number of nitrogens with zero attached hydrogens (tertiary/aromatic N) is 3. The molecule has 0 aliphatic heterocycles. The average Bonchev–Trinajstić information content (AvgIpc) is 3.19. The number of ether oxygens (including phenoxy) is 1. The summed E-state index contributed by atoms with van der Waals surface area (Å²) in [6.45, 7) is 1.97. The summed E-state index contributed by atoms with van der Waals surface area (Å²) in [5, 5.41) is 16.4. The Labute approximate surface area is 151 Å². The van der Waals surface area contributed by atoms with E-state index >= 15 is 0 Å². The second kappa shape index (κ2) is 6.77. The van der Waals surface area contributed by atoms with Crippen LogP contribution in [-0.4, -0.2) is 38.6 Å². The molecule has 6 nitrogen and oxygen atoms in total. The quantitative estimate of drug-likeness (QED) is 0.826. The SMILES string of the molecule is COC(=O)[C@]1(C)CC[C@H](Cc2ccc(Cl)cc2)[C@]1(O)Cn1cncn1. The van der Waals surface area contributed by atoms with Gasteiger partial charge in [-0.25, -0.2) is 4.98 Å². The molecule has 1 aromatic carbocycles. The molecule has 2 aromatic rings. The van der Waals surface area contributed by atoms with Gasteiger partial charge in [-0.1, -0.05) is 23.7 Å². The number of esters is 1. The Morgan fingerprint density at radius 3 is 2.76 bits per heavy atom. The molecule has 1 fully saturated rings. The number of hydrogen-bond donors (Lipinski definition) is 1. The molecule has 3 atom stereocenters. The summed E-state index contributed by atoms with van der Waals surface area (Å²) in [6, 6.07) is 7.57. The minimum absolute atomic E-state index is 0.109. The van der Waals surface area contributed by atoms with Gasteiger partial charge in [-0.05, 0) is 49.8 Å². The predicted molar refractivity (Wildman–Crippen MR) is 93.0 cm³/mol. The van der Waals surface area contributed by atoms with Crippen molar-refractivity contribution in [2.24, 2.45) is 11.3 Å². The zero-order valence-corrected chi connectivity index (χ0v) is 15.1. The lowest BCUT2D eigenvalue weighted by molar-refractivity contribution is -0.173. The fraction of sp³-hybridized carbons (Fsp3) is 0.500. The Kier molecular flexibility index (Phi) is 4.84. The van der Waals surface area contributed by atoms with Gasteiger partial charge in [0.25, 0.3) is 0 Å². The highest BCUT2D eigenvalue weighted by Crippen LogP contribution is 2.52. The molecule has 0 saturated heterocycles. The van der Waals surface area contributed by atoms with Crippen LogP contribution in [0.1, 0.15) is 25.3 Å². The number of aromatic nitrogens is 3. The van der Waals surface area contributed by atoms with Gasteiger partial charge in [-0.15, -0.1) is 0 Å².